The zero-order valence-corrected chi connectivity index (χ0v) is 13.3. The van der Waals surface area contributed by atoms with Crippen LogP contribution in [0.2, 0.25) is 0 Å². The highest BCUT2D eigenvalue weighted by atomic mass is 16.1. The molecule has 0 saturated carbocycles. The van der Waals surface area contributed by atoms with Gasteiger partial charge in [0.05, 0.1) is 0 Å². The SMILES string of the molecule is CN1CCN(c2ccc(NC(=O)CC3C=CCC3)cc2)CC1. The largest absolute Gasteiger partial charge is 0.369 e. The van der Waals surface area contributed by atoms with Crippen LogP contribution in [0.4, 0.5) is 11.4 Å². The number of hydrogen-bond acceptors (Lipinski definition) is 3. The molecule has 1 amide bonds. The summed E-state index contributed by atoms with van der Waals surface area (Å²) < 4.78 is 0. The van der Waals surface area contributed by atoms with Crippen molar-refractivity contribution in [2.75, 3.05) is 43.4 Å². The molecule has 0 spiro atoms. The number of benzene rings is 1. The minimum atomic E-state index is 0.115. The van der Waals surface area contributed by atoms with Crippen molar-refractivity contribution in [2.45, 2.75) is 19.3 Å². The van der Waals surface area contributed by atoms with Gasteiger partial charge in [0.2, 0.25) is 5.91 Å². The van der Waals surface area contributed by atoms with E-state index in [0.29, 0.717) is 12.3 Å². The maximum Gasteiger partial charge on any atom is 0.224 e. The van der Waals surface area contributed by atoms with Crippen molar-refractivity contribution in [3.05, 3.63) is 36.4 Å². The Bertz CT molecular complexity index is 530. The second kappa shape index (κ2) is 6.97. The molecule has 1 saturated heterocycles. The first kappa shape index (κ1) is 15.1. The first-order valence-electron chi connectivity index (χ1n) is 8.21. The molecule has 1 aliphatic heterocycles. The first-order chi connectivity index (χ1) is 10.7. The smallest absolute Gasteiger partial charge is 0.224 e. The Morgan fingerprint density at radius 1 is 1.18 bits per heavy atom. The maximum atomic E-state index is 12.0. The van der Waals surface area contributed by atoms with Crippen LogP contribution in [0.3, 0.4) is 0 Å². The molecular weight excluding hydrogens is 274 g/mol. The maximum absolute atomic E-state index is 12.0. The van der Waals surface area contributed by atoms with Gasteiger partial charge >= 0.3 is 0 Å². The molecule has 1 aliphatic carbocycles. The second-order valence-corrected chi connectivity index (χ2v) is 6.36. The van der Waals surface area contributed by atoms with E-state index in [0.717, 1.165) is 44.7 Å². The van der Waals surface area contributed by atoms with Gasteiger partial charge in [0, 0.05) is 44.0 Å². The number of rotatable bonds is 4. The lowest BCUT2D eigenvalue weighted by atomic mass is 10.1. The molecule has 4 nitrogen and oxygen atoms in total. The normalized spacial score (nSPS) is 22.0. The van der Waals surface area contributed by atoms with E-state index in [1.807, 2.05) is 12.1 Å². The number of piperazine rings is 1. The fraction of sp³-hybridized carbons (Fsp3) is 0.500. The number of amides is 1. The summed E-state index contributed by atoms with van der Waals surface area (Å²) in [4.78, 5) is 16.8. The van der Waals surface area contributed by atoms with Crippen LogP contribution in [0.1, 0.15) is 19.3 Å². The number of nitrogens with zero attached hydrogens (tertiary/aromatic N) is 2. The Hall–Kier alpha value is -1.81. The third-order valence-electron chi connectivity index (χ3n) is 4.58. The highest BCUT2D eigenvalue weighted by Gasteiger charge is 2.15. The van der Waals surface area contributed by atoms with Crippen LogP contribution in [0.15, 0.2) is 36.4 Å². The van der Waals surface area contributed by atoms with Crippen LogP contribution in [0, 0.1) is 5.92 Å². The number of nitrogens with one attached hydrogen (secondary N) is 1. The number of anilines is 2. The molecule has 0 bridgehead atoms. The second-order valence-electron chi connectivity index (χ2n) is 6.36. The van der Waals surface area contributed by atoms with E-state index in [1.54, 1.807) is 0 Å². The number of allylic oxidation sites excluding steroid dienone is 2. The minimum absolute atomic E-state index is 0.115. The molecule has 0 radical (unpaired) electrons. The predicted octanol–water partition coefficient (Wildman–Crippen LogP) is 2.73. The summed E-state index contributed by atoms with van der Waals surface area (Å²) in [7, 11) is 2.16. The quantitative estimate of drug-likeness (QED) is 0.868. The van der Waals surface area contributed by atoms with Crippen molar-refractivity contribution in [2.24, 2.45) is 5.92 Å². The van der Waals surface area contributed by atoms with Gasteiger partial charge in [-0.3, -0.25) is 4.79 Å². The van der Waals surface area contributed by atoms with E-state index >= 15 is 0 Å². The molecule has 1 fully saturated rings. The fourth-order valence-corrected chi connectivity index (χ4v) is 3.14. The monoisotopic (exact) mass is 299 g/mol. The average Bonchev–Trinajstić information content (AvgIpc) is 3.02. The van der Waals surface area contributed by atoms with Gasteiger partial charge in [0.1, 0.15) is 0 Å². The van der Waals surface area contributed by atoms with Crippen LogP contribution < -0.4 is 10.2 Å². The Morgan fingerprint density at radius 3 is 2.55 bits per heavy atom. The lowest BCUT2D eigenvalue weighted by Crippen LogP contribution is -2.44. The van der Waals surface area contributed by atoms with E-state index in [-0.39, 0.29) is 5.91 Å². The average molecular weight is 299 g/mol. The van der Waals surface area contributed by atoms with Crippen LogP contribution in [-0.4, -0.2) is 44.0 Å². The molecule has 22 heavy (non-hydrogen) atoms. The number of carbonyl (C=O) groups is 1. The summed E-state index contributed by atoms with van der Waals surface area (Å²) >= 11 is 0. The number of likely N-dealkylation sites (N-methyl/N-ethyl adjacent to an activating group) is 1. The van der Waals surface area contributed by atoms with Crippen LogP contribution in [0.5, 0.6) is 0 Å². The third kappa shape index (κ3) is 3.89. The van der Waals surface area contributed by atoms with Crippen molar-refractivity contribution in [3.8, 4) is 0 Å². The Morgan fingerprint density at radius 2 is 1.91 bits per heavy atom. The summed E-state index contributed by atoms with van der Waals surface area (Å²) in [5.74, 6) is 0.536. The summed E-state index contributed by atoms with van der Waals surface area (Å²) in [5, 5.41) is 3.01. The number of hydrogen-bond donors (Lipinski definition) is 1. The van der Waals surface area contributed by atoms with Gasteiger partial charge in [-0.2, -0.15) is 0 Å². The molecule has 3 rings (SSSR count). The molecule has 1 aromatic carbocycles. The zero-order chi connectivity index (χ0) is 15.4. The highest BCUT2D eigenvalue weighted by molar-refractivity contribution is 5.91. The fourth-order valence-electron chi connectivity index (χ4n) is 3.14. The number of carbonyl (C=O) groups excluding carboxylic acids is 1. The van der Waals surface area contributed by atoms with Crippen molar-refractivity contribution in [3.63, 3.8) is 0 Å². The van der Waals surface area contributed by atoms with Crippen LogP contribution in [-0.2, 0) is 4.79 Å². The first-order valence-corrected chi connectivity index (χ1v) is 8.21. The topological polar surface area (TPSA) is 35.6 Å². The molecule has 1 aromatic rings. The Labute approximate surface area is 132 Å². The minimum Gasteiger partial charge on any atom is -0.369 e. The van der Waals surface area contributed by atoms with Gasteiger partial charge in [0.25, 0.3) is 0 Å². The molecule has 4 heteroatoms. The van der Waals surface area contributed by atoms with Gasteiger partial charge in [0.15, 0.2) is 0 Å². The predicted molar refractivity (Wildman–Crippen MR) is 91.3 cm³/mol. The van der Waals surface area contributed by atoms with Crippen molar-refractivity contribution < 1.29 is 4.79 Å². The van der Waals surface area contributed by atoms with Gasteiger partial charge in [-0.25, -0.2) is 0 Å². The molecule has 1 heterocycles. The van der Waals surface area contributed by atoms with Crippen LogP contribution >= 0.6 is 0 Å². The van der Waals surface area contributed by atoms with Crippen molar-refractivity contribution >= 4 is 17.3 Å². The van der Waals surface area contributed by atoms with E-state index in [9.17, 15) is 4.79 Å². The van der Waals surface area contributed by atoms with Crippen molar-refractivity contribution in [1.29, 1.82) is 0 Å². The lowest BCUT2D eigenvalue weighted by molar-refractivity contribution is -0.116. The molecule has 118 valence electrons. The van der Waals surface area contributed by atoms with Gasteiger partial charge in [-0.15, -0.1) is 0 Å². The van der Waals surface area contributed by atoms with Gasteiger partial charge in [-0.05, 0) is 50.1 Å². The highest BCUT2D eigenvalue weighted by Crippen LogP contribution is 2.22. The molecule has 2 aliphatic rings. The Balaban J connectivity index is 1.52. The summed E-state index contributed by atoms with van der Waals surface area (Å²) in [6, 6.07) is 8.24. The third-order valence-corrected chi connectivity index (χ3v) is 4.58. The molecule has 1 atom stereocenters. The molecule has 1 N–H and O–H groups in total. The van der Waals surface area contributed by atoms with E-state index in [4.69, 9.17) is 0 Å². The summed E-state index contributed by atoms with van der Waals surface area (Å²) in [6.45, 7) is 4.34. The summed E-state index contributed by atoms with van der Waals surface area (Å²) in [6.07, 6.45) is 7.14. The van der Waals surface area contributed by atoms with E-state index in [1.165, 1.54) is 5.69 Å². The van der Waals surface area contributed by atoms with Crippen LogP contribution in [0.25, 0.3) is 0 Å². The van der Waals surface area contributed by atoms with Crippen molar-refractivity contribution in [1.82, 2.24) is 4.90 Å². The van der Waals surface area contributed by atoms with Gasteiger partial charge in [-0.1, -0.05) is 12.2 Å². The van der Waals surface area contributed by atoms with Gasteiger partial charge < -0.3 is 15.1 Å². The van der Waals surface area contributed by atoms with E-state index < -0.39 is 0 Å². The standard InChI is InChI=1S/C18H25N3O/c1-20-10-12-21(13-11-20)17-8-6-16(7-9-17)19-18(22)14-15-4-2-3-5-15/h2,4,6-9,15H,3,5,10-14H2,1H3,(H,19,22). The zero-order valence-electron chi connectivity index (χ0n) is 13.3. The molecule has 1 unspecified atom stereocenters. The Kier molecular flexibility index (Phi) is 4.78. The molecular formula is C18H25N3O. The summed E-state index contributed by atoms with van der Waals surface area (Å²) in [5.41, 5.74) is 2.13. The van der Waals surface area contributed by atoms with E-state index in [2.05, 4.69) is 46.4 Å². The molecule has 0 aromatic heterocycles. The lowest BCUT2D eigenvalue weighted by Gasteiger charge is -2.34.